The van der Waals surface area contributed by atoms with Crippen LogP contribution in [0.5, 0.6) is 5.75 Å². The van der Waals surface area contributed by atoms with Crippen molar-refractivity contribution in [3.63, 3.8) is 0 Å². The van der Waals surface area contributed by atoms with E-state index in [4.69, 9.17) is 35.5 Å². The van der Waals surface area contributed by atoms with Gasteiger partial charge in [0.15, 0.2) is 8.32 Å². The van der Waals surface area contributed by atoms with E-state index in [1.165, 1.54) is 13.2 Å². The van der Waals surface area contributed by atoms with Gasteiger partial charge in [0.2, 0.25) is 5.95 Å². The summed E-state index contributed by atoms with van der Waals surface area (Å²) < 4.78 is 20.4. The second-order valence-corrected chi connectivity index (χ2v) is 20.7. The first-order valence-corrected chi connectivity index (χ1v) is 21.0. The first-order valence-electron chi connectivity index (χ1n) is 18.4. The third-order valence-electron chi connectivity index (χ3n) is 9.96. The Balaban J connectivity index is 1.74. The van der Waals surface area contributed by atoms with E-state index in [-0.39, 0.29) is 18.4 Å². The average Bonchev–Trinajstić information content (AvgIpc) is 3.48. The van der Waals surface area contributed by atoms with Gasteiger partial charge in [-0.2, -0.15) is 0 Å². The number of rotatable bonds is 20. The molecule has 2 aromatic carbocycles. The van der Waals surface area contributed by atoms with Crippen LogP contribution in [0.3, 0.4) is 0 Å². The zero-order valence-corrected chi connectivity index (χ0v) is 35.4. The lowest BCUT2D eigenvalue weighted by atomic mass is 10.1. The molecule has 4 rings (SSSR count). The Hall–Kier alpha value is -4.08. The lowest BCUT2D eigenvalue weighted by Crippen LogP contribution is -2.48. The second kappa shape index (κ2) is 19.0. The average molecular weight is 781 g/mol. The molecule has 0 aliphatic heterocycles. The molecule has 4 aromatic rings. The number of benzene rings is 2. The number of nitro benzene ring substituents is 1. The smallest absolute Gasteiger partial charge is 0.294 e. The Labute approximate surface area is 326 Å². The van der Waals surface area contributed by atoms with Crippen molar-refractivity contribution in [2.24, 2.45) is 0 Å². The summed E-state index contributed by atoms with van der Waals surface area (Å²) >= 11 is 6.30. The van der Waals surface area contributed by atoms with E-state index in [2.05, 4.69) is 51.8 Å². The topological polar surface area (TPSA) is 133 Å². The predicted molar refractivity (Wildman–Crippen MR) is 221 cm³/mol. The van der Waals surface area contributed by atoms with Gasteiger partial charge in [0.1, 0.15) is 24.0 Å². The van der Waals surface area contributed by atoms with Gasteiger partial charge in [0, 0.05) is 69.2 Å². The molecular weight excluding hydrogens is 724 g/mol. The van der Waals surface area contributed by atoms with Crippen LogP contribution in [-0.2, 0) is 22.3 Å². The van der Waals surface area contributed by atoms with E-state index in [1.54, 1.807) is 19.4 Å². The van der Waals surface area contributed by atoms with Crippen molar-refractivity contribution in [2.75, 3.05) is 65.3 Å². The number of ether oxygens (including phenoxy) is 2. The van der Waals surface area contributed by atoms with Gasteiger partial charge in [-0.1, -0.05) is 65.3 Å². The van der Waals surface area contributed by atoms with Crippen molar-refractivity contribution < 1.29 is 18.8 Å². The largest absolute Gasteiger partial charge is 0.494 e. The van der Waals surface area contributed by atoms with E-state index < -0.39 is 13.2 Å². The molecule has 0 atom stereocenters. The van der Waals surface area contributed by atoms with Crippen LogP contribution in [0.15, 0.2) is 48.7 Å². The highest BCUT2D eigenvalue weighted by Crippen LogP contribution is 2.43. The van der Waals surface area contributed by atoms with Gasteiger partial charge >= 0.3 is 0 Å². The van der Waals surface area contributed by atoms with Crippen molar-refractivity contribution in [1.29, 1.82) is 0 Å². The number of hydrogen-bond acceptors (Lipinski definition) is 11. The van der Waals surface area contributed by atoms with Crippen LogP contribution in [0.25, 0.3) is 22.6 Å². The third-order valence-corrected chi connectivity index (χ3v) is 16.3. The van der Waals surface area contributed by atoms with Gasteiger partial charge in [0.25, 0.3) is 5.69 Å². The number of anilines is 3. The number of aromatic nitrogens is 4. The highest BCUT2D eigenvalue weighted by molar-refractivity contribution is 6.77. The van der Waals surface area contributed by atoms with E-state index >= 15 is 0 Å². The summed E-state index contributed by atoms with van der Waals surface area (Å²) in [5.41, 5.74) is 5.14. The number of hydrogen-bond donors (Lipinski definition) is 1. The van der Waals surface area contributed by atoms with Crippen molar-refractivity contribution >= 4 is 42.9 Å². The molecule has 2 heterocycles. The fraction of sp³-hybridized carbons (Fsp3) is 0.513. The Bertz CT molecular complexity index is 1830. The predicted octanol–water partition coefficient (Wildman–Crippen LogP) is 9.05. The zero-order valence-electron chi connectivity index (χ0n) is 33.6. The minimum Gasteiger partial charge on any atom is -0.494 e. The van der Waals surface area contributed by atoms with E-state index in [1.807, 2.05) is 65.8 Å². The third kappa shape index (κ3) is 9.77. The van der Waals surface area contributed by atoms with Gasteiger partial charge < -0.3 is 33.6 Å². The van der Waals surface area contributed by atoms with Gasteiger partial charge in [0.05, 0.1) is 34.8 Å². The first-order chi connectivity index (χ1) is 25.6. The van der Waals surface area contributed by atoms with Crippen molar-refractivity contribution in [1.82, 2.24) is 24.4 Å². The summed E-state index contributed by atoms with van der Waals surface area (Å²) in [5.74, 6) is 1.48. The molecule has 0 amide bonds. The highest BCUT2D eigenvalue weighted by atomic mass is 35.5. The summed E-state index contributed by atoms with van der Waals surface area (Å²) in [6, 6.07) is 12.5. The quantitative estimate of drug-likeness (QED) is 0.0399. The summed E-state index contributed by atoms with van der Waals surface area (Å²) in [5, 5.41) is 16.1. The molecular formula is C39H57ClN8O5Si. The molecule has 0 aliphatic rings. The Morgan fingerprint density at radius 3 is 2.20 bits per heavy atom. The molecule has 15 heteroatoms. The highest BCUT2D eigenvalue weighted by Gasteiger charge is 2.44. The van der Waals surface area contributed by atoms with Crippen molar-refractivity contribution in [2.45, 2.75) is 77.7 Å². The minimum absolute atomic E-state index is 0.0670. The number of nitrogens with one attached hydrogen (secondary N) is 1. The summed E-state index contributed by atoms with van der Waals surface area (Å²) in [7, 11) is 6.90. The number of aryl methyl sites for hydroxylation is 1. The maximum absolute atomic E-state index is 12.3. The molecule has 0 fully saturated rings. The van der Waals surface area contributed by atoms with Gasteiger partial charge in [-0.3, -0.25) is 10.1 Å². The summed E-state index contributed by atoms with van der Waals surface area (Å²) in [6.07, 6.45) is 3.10. The van der Waals surface area contributed by atoms with E-state index in [0.717, 1.165) is 35.7 Å². The molecule has 0 saturated heterocycles. The maximum atomic E-state index is 12.3. The molecule has 54 heavy (non-hydrogen) atoms. The lowest BCUT2D eigenvalue weighted by Gasteiger charge is -2.42. The van der Waals surface area contributed by atoms with Gasteiger partial charge in [-0.05, 0) is 55.3 Å². The Morgan fingerprint density at radius 1 is 0.963 bits per heavy atom. The molecule has 294 valence electrons. The molecule has 0 unspecified atom stereocenters. The van der Waals surface area contributed by atoms with Gasteiger partial charge in [-0.15, -0.1) is 0 Å². The molecule has 0 radical (unpaired) electrons. The Kier molecular flexibility index (Phi) is 15.0. The van der Waals surface area contributed by atoms with Crippen LogP contribution in [-0.4, -0.2) is 92.7 Å². The molecule has 0 bridgehead atoms. The molecule has 13 nitrogen and oxygen atoms in total. The zero-order chi connectivity index (χ0) is 39.7. The van der Waals surface area contributed by atoms with Crippen LogP contribution in [0.4, 0.5) is 23.0 Å². The van der Waals surface area contributed by atoms with Gasteiger partial charge in [-0.25, -0.2) is 15.0 Å². The number of imidazole rings is 1. The molecule has 0 spiro atoms. The van der Waals surface area contributed by atoms with Crippen LogP contribution >= 0.6 is 11.6 Å². The van der Waals surface area contributed by atoms with E-state index in [0.29, 0.717) is 64.0 Å². The summed E-state index contributed by atoms with van der Waals surface area (Å²) in [4.78, 5) is 30.3. The number of halogens is 1. The SMILES string of the molecule is COCn1c(CCCO[Si](C(C)C)(C(C)C)C(C)C)nc(-c2ccc(Cl)cc2)c1-c1ccnc(Nc2cc([N+](=O)[O-])c(N(C)CCN(C)C)cc2OC)n1. The molecule has 0 saturated carbocycles. The number of likely N-dealkylation sites (N-methyl/N-ethyl adjacent to an activating group) is 2. The van der Waals surface area contributed by atoms with E-state index in [9.17, 15) is 10.1 Å². The number of methoxy groups -OCH3 is 2. The maximum Gasteiger partial charge on any atom is 0.294 e. The normalized spacial score (nSPS) is 12.0. The van der Waals surface area contributed by atoms with Crippen LogP contribution < -0.4 is 15.0 Å². The fourth-order valence-electron chi connectivity index (χ4n) is 7.42. The van der Waals surface area contributed by atoms with Crippen molar-refractivity contribution in [3.8, 4) is 28.4 Å². The summed E-state index contributed by atoms with van der Waals surface area (Å²) in [6.45, 7) is 16.0. The fourth-order valence-corrected chi connectivity index (χ4v) is 13.0. The Morgan fingerprint density at radius 2 is 1.63 bits per heavy atom. The lowest BCUT2D eigenvalue weighted by molar-refractivity contribution is -0.384. The number of nitro groups is 1. The van der Waals surface area contributed by atoms with Crippen LogP contribution in [0.1, 0.15) is 53.8 Å². The monoisotopic (exact) mass is 780 g/mol. The second-order valence-electron chi connectivity index (χ2n) is 14.8. The first kappa shape index (κ1) is 42.7. The number of nitrogens with zero attached hydrogens (tertiary/aromatic N) is 7. The van der Waals surface area contributed by atoms with Crippen molar-refractivity contribution in [3.05, 3.63) is 69.6 Å². The molecule has 0 aliphatic carbocycles. The standard InChI is InChI=1S/C39H57ClN8O5Si/c1-26(2)54(27(3)4,28(5)6)53-22-12-13-36-44-37(29-14-16-30(40)17-15-29)38(47(36)25-51-10)31-18-19-41-39(42-31)43-32-23-34(48(49)50)33(24-35(32)52-11)46(9)21-20-45(7)8/h14-19,23-24,26-28H,12-13,20-22,25H2,1-11H3,(H,41,42,43). The van der Waals surface area contributed by atoms with Crippen LogP contribution in [0.2, 0.25) is 21.6 Å². The van der Waals surface area contributed by atoms with Crippen LogP contribution in [0, 0.1) is 10.1 Å². The molecule has 1 N–H and O–H groups in total. The molecule has 2 aromatic heterocycles. The minimum atomic E-state index is -2.02.